The number of carbonyl (C=O) groups excluding carboxylic acids is 2. The quantitative estimate of drug-likeness (QED) is 0.576. The Morgan fingerprint density at radius 2 is 1.48 bits per heavy atom. The summed E-state index contributed by atoms with van der Waals surface area (Å²) in [7, 11) is 0. The fourth-order valence-electron chi connectivity index (χ4n) is 6.53. The maximum Gasteiger partial charge on any atom is 0.254 e. The molecule has 0 radical (unpaired) electrons. The number of hydrogen-bond donors (Lipinski definition) is 2. The van der Waals surface area contributed by atoms with Crippen molar-refractivity contribution in [1.82, 2.24) is 20.4 Å². The first kappa shape index (κ1) is 27.0. The molecule has 2 aromatic rings. The van der Waals surface area contributed by atoms with Crippen molar-refractivity contribution in [1.29, 1.82) is 0 Å². The van der Waals surface area contributed by atoms with Gasteiger partial charge in [0.05, 0.1) is 0 Å². The largest absolute Gasteiger partial charge is 0.489 e. The van der Waals surface area contributed by atoms with Gasteiger partial charge in [-0.3, -0.25) is 9.59 Å². The molecule has 1 atom stereocenters. The summed E-state index contributed by atoms with van der Waals surface area (Å²) in [6.07, 6.45) is 5.87. The Balaban J connectivity index is 1.11. The van der Waals surface area contributed by atoms with Gasteiger partial charge in [0, 0.05) is 75.7 Å². The molecule has 2 N–H and O–H groups in total. The molecule has 1 aliphatic carbocycles. The Kier molecular flexibility index (Phi) is 8.20. The molecule has 1 saturated carbocycles. The van der Waals surface area contributed by atoms with Crippen LogP contribution in [-0.2, 0) is 0 Å². The topological polar surface area (TPSA) is 77.2 Å². The van der Waals surface area contributed by atoms with Gasteiger partial charge in [-0.15, -0.1) is 0 Å². The van der Waals surface area contributed by atoms with Gasteiger partial charge in [0.25, 0.3) is 11.8 Å². The molecular weight excluding hydrogens is 509 g/mol. The van der Waals surface area contributed by atoms with Crippen LogP contribution in [0.15, 0.2) is 36.4 Å². The molecule has 40 heavy (non-hydrogen) atoms. The second-order valence-corrected chi connectivity index (χ2v) is 11.5. The lowest BCUT2D eigenvalue weighted by Crippen LogP contribution is -2.50. The number of rotatable bonds is 6. The van der Waals surface area contributed by atoms with Gasteiger partial charge in [-0.05, 0) is 73.7 Å². The monoisotopic (exact) mass is 549 g/mol. The molecule has 4 aliphatic rings. The van der Waals surface area contributed by atoms with Crippen LogP contribution in [0.1, 0.15) is 64.3 Å². The minimum atomic E-state index is -0.400. The number of nitrogens with one attached hydrogen (secondary N) is 2. The fourth-order valence-corrected chi connectivity index (χ4v) is 6.53. The van der Waals surface area contributed by atoms with Crippen molar-refractivity contribution >= 4 is 17.5 Å². The maximum absolute atomic E-state index is 14.5. The number of benzene rings is 2. The maximum atomic E-state index is 14.5. The highest BCUT2D eigenvalue weighted by molar-refractivity contribution is 5.96. The number of amides is 2. The molecule has 9 heteroatoms. The van der Waals surface area contributed by atoms with Crippen LogP contribution in [0.25, 0.3) is 0 Å². The van der Waals surface area contributed by atoms with Gasteiger partial charge in [-0.2, -0.15) is 0 Å². The second-order valence-electron chi connectivity index (χ2n) is 11.5. The van der Waals surface area contributed by atoms with Crippen LogP contribution in [0.2, 0.25) is 0 Å². The van der Waals surface area contributed by atoms with Crippen LogP contribution >= 0.6 is 0 Å². The van der Waals surface area contributed by atoms with Gasteiger partial charge >= 0.3 is 0 Å². The van der Waals surface area contributed by atoms with E-state index in [1.54, 1.807) is 11.0 Å². The first-order valence-corrected chi connectivity index (χ1v) is 14.9. The number of ether oxygens (including phenoxy) is 1. The second kappa shape index (κ2) is 12.1. The number of anilines is 1. The Hall–Kier alpha value is -3.17. The van der Waals surface area contributed by atoms with Crippen LogP contribution in [0.3, 0.4) is 0 Å². The van der Waals surface area contributed by atoms with Crippen molar-refractivity contribution in [2.45, 2.75) is 44.1 Å². The fraction of sp³-hybridized carbons (Fsp3) is 0.548. The standard InChI is InChI=1S/C31H40FN5O3/c32-25-17-24(18-26(20-25)35-11-9-33-10-12-35)31(39)37-15-13-36(14-16-37)30(38)23-5-6-29(40-27-7-8-34-21-27)28(19-23)22-3-1-2-4-22/h5-6,17-20,22,27,33-34H,1-4,7-16,21H2. The van der Waals surface area contributed by atoms with Crippen molar-refractivity contribution in [3.8, 4) is 5.75 Å². The molecule has 6 rings (SSSR count). The smallest absolute Gasteiger partial charge is 0.254 e. The molecule has 3 saturated heterocycles. The van der Waals surface area contributed by atoms with Crippen molar-refractivity contribution in [2.24, 2.45) is 0 Å². The van der Waals surface area contributed by atoms with E-state index in [2.05, 4.69) is 21.6 Å². The molecule has 3 heterocycles. The van der Waals surface area contributed by atoms with Gasteiger partial charge in [0.15, 0.2) is 0 Å². The molecule has 8 nitrogen and oxygen atoms in total. The summed E-state index contributed by atoms with van der Waals surface area (Å²) in [5, 5.41) is 6.66. The highest BCUT2D eigenvalue weighted by Crippen LogP contribution is 2.40. The van der Waals surface area contributed by atoms with E-state index < -0.39 is 5.82 Å². The zero-order valence-corrected chi connectivity index (χ0v) is 23.2. The Morgan fingerprint density at radius 1 is 0.775 bits per heavy atom. The molecule has 0 bridgehead atoms. The summed E-state index contributed by atoms with van der Waals surface area (Å²) in [6, 6.07) is 10.5. The zero-order chi connectivity index (χ0) is 27.5. The van der Waals surface area contributed by atoms with Gasteiger partial charge in [0.2, 0.25) is 0 Å². The molecular formula is C31H40FN5O3. The molecule has 1 unspecified atom stereocenters. The average Bonchev–Trinajstić information content (AvgIpc) is 3.72. The van der Waals surface area contributed by atoms with E-state index in [-0.39, 0.29) is 17.9 Å². The molecule has 0 aromatic heterocycles. The Morgan fingerprint density at radius 3 is 2.15 bits per heavy atom. The van der Waals surface area contributed by atoms with E-state index in [0.717, 1.165) is 75.5 Å². The Labute approximate surface area is 235 Å². The first-order valence-electron chi connectivity index (χ1n) is 14.9. The summed E-state index contributed by atoms with van der Waals surface area (Å²) in [5.41, 5.74) is 2.95. The van der Waals surface area contributed by atoms with Crippen LogP contribution in [0.5, 0.6) is 5.75 Å². The third kappa shape index (κ3) is 5.95. The number of piperazine rings is 2. The van der Waals surface area contributed by atoms with E-state index >= 15 is 0 Å². The van der Waals surface area contributed by atoms with Crippen LogP contribution < -0.4 is 20.3 Å². The lowest BCUT2D eigenvalue weighted by Gasteiger charge is -2.35. The number of nitrogens with zero attached hydrogens (tertiary/aromatic N) is 3. The summed E-state index contributed by atoms with van der Waals surface area (Å²) >= 11 is 0. The third-order valence-electron chi connectivity index (χ3n) is 8.83. The van der Waals surface area contributed by atoms with Crippen molar-refractivity contribution in [3.63, 3.8) is 0 Å². The molecule has 4 fully saturated rings. The highest BCUT2D eigenvalue weighted by atomic mass is 19.1. The molecule has 3 aliphatic heterocycles. The van der Waals surface area contributed by atoms with Crippen LogP contribution in [0.4, 0.5) is 10.1 Å². The lowest BCUT2D eigenvalue weighted by atomic mass is 9.94. The van der Waals surface area contributed by atoms with E-state index in [1.165, 1.54) is 25.0 Å². The Bertz CT molecular complexity index is 1210. The molecule has 214 valence electrons. The van der Waals surface area contributed by atoms with Crippen molar-refractivity contribution in [2.75, 3.05) is 70.3 Å². The summed E-state index contributed by atoms with van der Waals surface area (Å²) < 4.78 is 20.8. The zero-order valence-electron chi connectivity index (χ0n) is 23.2. The van der Waals surface area contributed by atoms with E-state index in [0.29, 0.717) is 43.2 Å². The summed E-state index contributed by atoms with van der Waals surface area (Å²) in [5.74, 6) is 0.760. The predicted molar refractivity (Wildman–Crippen MR) is 153 cm³/mol. The van der Waals surface area contributed by atoms with Crippen LogP contribution in [0, 0.1) is 5.82 Å². The summed E-state index contributed by atoms with van der Waals surface area (Å²) in [6.45, 7) is 6.84. The van der Waals surface area contributed by atoms with Crippen molar-refractivity contribution < 1.29 is 18.7 Å². The van der Waals surface area contributed by atoms with Gasteiger partial charge in [0.1, 0.15) is 17.7 Å². The predicted octanol–water partition coefficient (Wildman–Crippen LogP) is 3.23. The van der Waals surface area contributed by atoms with Crippen molar-refractivity contribution in [3.05, 3.63) is 58.9 Å². The van der Waals surface area contributed by atoms with E-state index in [1.807, 2.05) is 17.0 Å². The van der Waals surface area contributed by atoms with Crippen LogP contribution in [-0.4, -0.2) is 93.2 Å². The number of carbonyl (C=O) groups is 2. The molecule has 2 amide bonds. The third-order valence-corrected chi connectivity index (χ3v) is 8.83. The number of hydrogen-bond acceptors (Lipinski definition) is 6. The first-order chi connectivity index (χ1) is 19.5. The van der Waals surface area contributed by atoms with E-state index in [4.69, 9.17) is 4.74 Å². The average molecular weight is 550 g/mol. The minimum Gasteiger partial charge on any atom is -0.489 e. The van der Waals surface area contributed by atoms with Gasteiger partial charge in [-0.1, -0.05) is 12.8 Å². The van der Waals surface area contributed by atoms with E-state index in [9.17, 15) is 14.0 Å². The minimum absolute atomic E-state index is 0.00724. The lowest BCUT2D eigenvalue weighted by molar-refractivity contribution is 0.0535. The normalized spacial score (nSPS) is 22.1. The van der Waals surface area contributed by atoms with Gasteiger partial charge in [-0.25, -0.2) is 4.39 Å². The SMILES string of the molecule is O=C(c1cc(F)cc(N2CCNCC2)c1)N1CCN(C(=O)c2ccc(OC3CCNC3)c(C3CCCC3)c2)CC1. The van der Waals surface area contributed by atoms with Gasteiger partial charge < -0.3 is 30.1 Å². The number of halogens is 1. The summed E-state index contributed by atoms with van der Waals surface area (Å²) in [4.78, 5) is 32.5. The highest BCUT2D eigenvalue weighted by Gasteiger charge is 2.29. The molecule has 0 spiro atoms. The molecule has 2 aromatic carbocycles.